The van der Waals surface area contributed by atoms with Gasteiger partial charge in [-0.25, -0.2) is 0 Å². The van der Waals surface area contributed by atoms with Crippen molar-refractivity contribution in [3.63, 3.8) is 0 Å². The van der Waals surface area contributed by atoms with E-state index in [9.17, 15) is 9.59 Å². The summed E-state index contributed by atoms with van der Waals surface area (Å²) in [6, 6.07) is 0. The van der Waals surface area contributed by atoms with E-state index in [0.717, 1.165) is 12.8 Å². The number of fused-ring (bicyclic) bond motifs is 1. The summed E-state index contributed by atoms with van der Waals surface area (Å²) in [5.41, 5.74) is 1.06. The minimum atomic E-state index is -0.626. The van der Waals surface area contributed by atoms with E-state index < -0.39 is 6.10 Å². The summed E-state index contributed by atoms with van der Waals surface area (Å²) < 4.78 is 5.24. The van der Waals surface area contributed by atoms with Crippen molar-refractivity contribution < 1.29 is 14.3 Å². The highest BCUT2D eigenvalue weighted by atomic mass is 16.5. The fourth-order valence-corrected chi connectivity index (χ4v) is 2.78. The van der Waals surface area contributed by atoms with E-state index in [1.807, 2.05) is 13.0 Å². The van der Waals surface area contributed by atoms with Gasteiger partial charge >= 0.3 is 5.97 Å². The van der Waals surface area contributed by atoms with E-state index in [-0.39, 0.29) is 23.1 Å². The Labute approximate surface area is 102 Å². The number of hydrogen-bond donors (Lipinski definition) is 0. The van der Waals surface area contributed by atoms with Crippen LogP contribution in [0, 0.1) is 11.3 Å². The Morgan fingerprint density at radius 1 is 1.53 bits per heavy atom. The number of hydrogen-bond acceptors (Lipinski definition) is 3. The number of carbonyl (C=O) groups is 2. The molecule has 3 heteroatoms. The molecule has 2 aliphatic carbocycles. The van der Waals surface area contributed by atoms with E-state index >= 15 is 0 Å². The highest BCUT2D eigenvalue weighted by molar-refractivity contribution is 5.96. The van der Waals surface area contributed by atoms with E-state index in [2.05, 4.69) is 13.0 Å². The van der Waals surface area contributed by atoms with Gasteiger partial charge in [0, 0.05) is 12.3 Å². The van der Waals surface area contributed by atoms with Crippen LogP contribution in [-0.2, 0) is 14.3 Å². The molecule has 17 heavy (non-hydrogen) atoms. The molecule has 0 bridgehead atoms. The zero-order valence-corrected chi connectivity index (χ0v) is 10.5. The smallest absolute Gasteiger partial charge is 0.303 e. The lowest BCUT2D eigenvalue weighted by atomic mass is 9.62. The summed E-state index contributed by atoms with van der Waals surface area (Å²) in [4.78, 5) is 23.0. The zero-order valence-electron chi connectivity index (χ0n) is 10.5. The average molecular weight is 234 g/mol. The quantitative estimate of drug-likeness (QED) is 0.517. The SMILES string of the molecule is CC(=O)OC1C(=O)C=CC2CC(C)=CCC21C. The van der Waals surface area contributed by atoms with Crippen LogP contribution < -0.4 is 0 Å². The van der Waals surface area contributed by atoms with Crippen LogP contribution >= 0.6 is 0 Å². The average Bonchev–Trinajstić information content (AvgIpc) is 2.25. The molecule has 0 fully saturated rings. The molecule has 0 aliphatic heterocycles. The molecule has 0 aromatic heterocycles. The number of allylic oxidation sites excluding steroid dienone is 3. The van der Waals surface area contributed by atoms with Gasteiger partial charge in [-0.1, -0.05) is 24.6 Å². The topological polar surface area (TPSA) is 43.4 Å². The van der Waals surface area contributed by atoms with Gasteiger partial charge in [-0.05, 0) is 31.8 Å². The monoisotopic (exact) mass is 234 g/mol. The van der Waals surface area contributed by atoms with Crippen molar-refractivity contribution in [1.82, 2.24) is 0 Å². The first-order chi connectivity index (χ1) is 7.93. The standard InChI is InChI=1S/C14H18O3/c1-9-6-7-14(3)11(8-9)4-5-12(16)13(14)17-10(2)15/h4-6,11,13H,7-8H2,1-3H3. The lowest BCUT2D eigenvalue weighted by Crippen LogP contribution is -2.49. The van der Waals surface area contributed by atoms with Crippen LogP contribution in [0.4, 0.5) is 0 Å². The van der Waals surface area contributed by atoms with Gasteiger partial charge in [-0.15, -0.1) is 0 Å². The van der Waals surface area contributed by atoms with Crippen LogP contribution in [0.15, 0.2) is 23.8 Å². The van der Waals surface area contributed by atoms with E-state index in [1.165, 1.54) is 12.5 Å². The molecule has 0 radical (unpaired) electrons. The van der Waals surface area contributed by atoms with Crippen molar-refractivity contribution in [3.05, 3.63) is 23.8 Å². The molecular formula is C14H18O3. The van der Waals surface area contributed by atoms with Crippen molar-refractivity contribution >= 4 is 11.8 Å². The van der Waals surface area contributed by atoms with Crippen LogP contribution in [0.5, 0.6) is 0 Å². The summed E-state index contributed by atoms with van der Waals surface area (Å²) in [6.07, 6.45) is 6.80. The zero-order chi connectivity index (χ0) is 12.6. The lowest BCUT2D eigenvalue weighted by molar-refractivity contribution is -0.162. The van der Waals surface area contributed by atoms with E-state index in [0.29, 0.717) is 0 Å². The molecule has 0 aromatic rings. The molecule has 2 rings (SSSR count). The molecule has 92 valence electrons. The van der Waals surface area contributed by atoms with Crippen molar-refractivity contribution in [2.75, 3.05) is 0 Å². The highest BCUT2D eigenvalue weighted by Gasteiger charge is 2.48. The van der Waals surface area contributed by atoms with Gasteiger partial charge in [0.25, 0.3) is 0 Å². The minimum Gasteiger partial charge on any atom is -0.454 e. The van der Waals surface area contributed by atoms with Gasteiger partial charge in [0.15, 0.2) is 11.9 Å². The van der Waals surface area contributed by atoms with E-state index in [4.69, 9.17) is 4.74 Å². The second-order valence-corrected chi connectivity index (χ2v) is 5.32. The third-order valence-corrected chi connectivity index (χ3v) is 3.91. The molecule has 3 atom stereocenters. The molecular weight excluding hydrogens is 216 g/mol. The number of esters is 1. The van der Waals surface area contributed by atoms with Crippen LogP contribution in [-0.4, -0.2) is 17.9 Å². The molecule has 0 N–H and O–H groups in total. The largest absolute Gasteiger partial charge is 0.454 e. The van der Waals surface area contributed by atoms with Gasteiger partial charge in [-0.3, -0.25) is 9.59 Å². The van der Waals surface area contributed by atoms with Gasteiger partial charge in [-0.2, -0.15) is 0 Å². The van der Waals surface area contributed by atoms with Gasteiger partial charge < -0.3 is 4.74 Å². The Bertz CT molecular complexity index is 419. The predicted octanol–water partition coefficient (Wildman–Crippen LogP) is 2.42. The Kier molecular flexibility index (Phi) is 2.94. The van der Waals surface area contributed by atoms with Crippen LogP contribution in [0.25, 0.3) is 0 Å². The number of carbonyl (C=O) groups excluding carboxylic acids is 2. The molecule has 0 amide bonds. The van der Waals surface area contributed by atoms with E-state index in [1.54, 1.807) is 6.08 Å². The second kappa shape index (κ2) is 4.13. The molecule has 0 aromatic carbocycles. The summed E-state index contributed by atoms with van der Waals surface area (Å²) in [7, 11) is 0. The van der Waals surface area contributed by atoms with Gasteiger partial charge in [0.1, 0.15) is 0 Å². The maximum atomic E-state index is 11.9. The molecule has 3 unspecified atom stereocenters. The first-order valence-electron chi connectivity index (χ1n) is 5.98. The third kappa shape index (κ3) is 2.06. The molecule has 2 aliphatic rings. The van der Waals surface area contributed by atoms with Crippen molar-refractivity contribution in [2.45, 2.75) is 39.7 Å². The molecule has 3 nitrogen and oxygen atoms in total. The Morgan fingerprint density at radius 3 is 2.88 bits per heavy atom. The Balaban J connectivity index is 2.34. The summed E-state index contributed by atoms with van der Waals surface area (Å²) in [5.74, 6) is -0.189. The maximum absolute atomic E-state index is 11.9. The second-order valence-electron chi connectivity index (χ2n) is 5.32. The predicted molar refractivity (Wildman–Crippen MR) is 64.3 cm³/mol. The lowest BCUT2D eigenvalue weighted by Gasteiger charge is -2.45. The number of rotatable bonds is 1. The maximum Gasteiger partial charge on any atom is 0.303 e. The van der Waals surface area contributed by atoms with Crippen molar-refractivity contribution in [1.29, 1.82) is 0 Å². The van der Waals surface area contributed by atoms with Gasteiger partial charge in [0.05, 0.1) is 0 Å². The Morgan fingerprint density at radius 2 is 2.24 bits per heavy atom. The van der Waals surface area contributed by atoms with Gasteiger partial charge in [0.2, 0.25) is 0 Å². The molecule has 0 spiro atoms. The fraction of sp³-hybridized carbons (Fsp3) is 0.571. The molecule has 0 saturated heterocycles. The summed E-state index contributed by atoms with van der Waals surface area (Å²) in [5, 5.41) is 0. The van der Waals surface area contributed by atoms with Crippen LogP contribution in [0.1, 0.15) is 33.6 Å². The molecule has 0 heterocycles. The highest BCUT2D eigenvalue weighted by Crippen LogP contribution is 2.47. The van der Waals surface area contributed by atoms with Crippen LogP contribution in [0.2, 0.25) is 0 Å². The van der Waals surface area contributed by atoms with Crippen molar-refractivity contribution in [3.8, 4) is 0 Å². The third-order valence-electron chi connectivity index (χ3n) is 3.91. The minimum absolute atomic E-state index is 0.0908. The number of ketones is 1. The number of ether oxygens (including phenoxy) is 1. The Hall–Kier alpha value is -1.38. The van der Waals surface area contributed by atoms with Crippen LogP contribution in [0.3, 0.4) is 0 Å². The normalized spacial score (nSPS) is 36.2. The fourth-order valence-electron chi connectivity index (χ4n) is 2.78. The first-order valence-corrected chi connectivity index (χ1v) is 5.98. The summed E-state index contributed by atoms with van der Waals surface area (Å²) in [6.45, 7) is 5.49. The summed E-state index contributed by atoms with van der Waals surface area (Å²) >= 11 is 0. The van der Waals surface area contributed by atoms with Crippen molar-refractivity contribution in [2.24, 2.45) is 11.3 Å². The first kappa shape index (κ1) is 12.1. The molecule has 0 saturated carbocycles.